The summed E-state index contributed by atoms with van der Waals surface area (Å²) in [6.45, 7) is 3.37. The van der Waals surface area contributed by atoms with Crippen molar-refractivity contribution in [3.05, 3.63) is 0 Å². The summed E-state index contributed by atoms with van der Waals surface area (Å²) in [6, 6.07) is 0. The summed E-state index contributed by atoms with van der Waals surface area (Å²) in [7, 11) is -0.703. The topological polar surface area (TPSA) is 66.9 Å². The van der Waals surface area contributed by atoms with Crippen LogP contribution in [0.15, 0.2) is 0 Å². The van der Waals surface area contributed by atoms with E-state index in [0.717, 1.165) is 8.61 Å². The molecule has 0 bridgehead atoms. The highest BCUT2D eigenvalue weighted by Crippen LogP contribution is 2.24. The predicted octanol–water partition coefficient (Wildman–Crippen LogP) is -0.570. The van der Waals surface area contributed by atoms with Gasteiger partial charge in [0.15, 0.2) is 0 Å². The number of hydrogen-bond acceptors (Lipinski definition) is 4. The molecule has 1 fully saturated rings. The minimum Gasteiger partial charge on any atom is -0.463 e. The molecule has 1 heterocycles. The molecule has 0 radical (unpaired) electrons. The fourth-order valence-electron chi connectivity index (χ4n) is 1.38. The second kappa shape index (κ2) is 3.73. The van der Waals surface area contributed by atoms with Gasteiger partial charge in [0.1, 0.15) is 12.1 Å². The summed E-state index contributed by atoms with van der Waals surface area (Å²) in [5.74, 6) is -0.515. The third kappa shape index (κ3) is 1.99. The minimum atomic E-state index is -3.57. The van der Waals surface area contributed by atoms with E-state index < -0.39 is 21.7 Å². The molecule has 0 amide bonds. The molecule has 1 rings (SSSR count). The maximum Gasteiger partial charge on any atom is 0.327 e. The van der Waals surface area contributed by atoms with Gasteiger partial charge < -0.3 is 4.74 Å². The van der Waals surface area contributed by atoms with E-state index in [-0.39, 0.29) is 13.2 Å². The van der Waals surface area contributed by atoms with Crippen LogP contribution in [0, 0.1) is 0 Å². The van der Waals surface area contributed by atoms with Crippen LogP contribution in [0.3, 0.4) is 0 Å². The van der Waals surface area contributed by atoms with Gasteiger partial charge in [0.25, 0.3) is 10.2 Å². The van der Waals surface area contributed by atoms with E-state index in [2.05, 4.69) is 0 Å². The Hall–Kier alpha value is -0.660. The lowest BCUT2D eigenvalue weighted by atomic mass is 10.1. The van der Waals surface area contributed by atoms with Crippen molar-refractivity contribution in [2.24, 2.45) is 0 Å². The Labute approximate surface area is 90.0 Å². The largest absolute Gasteiger partial charge is 0.463 e. The van der Waals surface area contributed by atoms with E-state index in [1.807, 2.05) is 0 Å². The molecule has 88 valence electrons. The average Bonchev–Trinajstić information content (AvgIpc) is 2.09. The van der Waals surface area contributed by atoms with Crippen LogP contribution in [0.25, 0.3) is 0 Å². The molecule has 0 saturated carbocycles. The van der Waals surface area contributed by atoms with Crippen molar-refractivity contribution in [1.82, 2.24) is 8.61 Å². The van der Waals surface area contributed by atoms with E-state index in [1.165, 1.54) is 27.9 Å². The monoisotopic (exact) mass is 236 g/mol. The van der Waals surface area contributed by atoms with Crippen LogP contribution >= 0.6 is 0 Å². The maximum absolute atomic E-state index is 11.9. The zero-order valence-corrected chi connectivity index (χ0v) is 10.2. The molecule has 0 spiro atoms. The van der Waals surface area contributed by atoms with Crippen LogP contribution in [0.4, 0.5) is 0 Å². The zero-order valence-electron chi connectivity index (χ0n) is 9.35. The second-order valence-electron chi connectivity index (χ2n) is 4.06. The van der Waals surface area contributed by atoms with Gasteiger partial charge in [0.05, 0.1) is 6.54 Å². The number of carbonyl (C=O) groups is 1. The van der Waals surface area contributed by atoms with Crippen molar-refractivity contribution in [2.45, 2.75) is 19.4 Å². The molecule has 1 aliphatic rings. The summed E-state index contributed by atoms with van der Waals surface area (Å²) in [5.41, 5.74) is -1.14. The molecule has 1 saturated heterocycles. The molecule has 6 nitrogen and oxygen atoms in total. The van der Waals surface area contributed by atoms with Crippen LogP contribution < -0.4 is 0 Å². The van der Waals surface area contributed by atoms with Gasteiger partial charge in [-0.15, -0.1) is 0 Å². The van der Waals surface area contributed by atoms with Gasteiger partial charge >= 0.3 is 5.97 Å². The summed E-state index contributed by atoms with van der Waals surface area (Å²) in [5, 5.41) is 0. The highest BCUT2D eigenvalue weighted by Gasteiger charge is 2.46. The standard InChI is InChI=1S/C8H16N2O4S/c1-8(2)7(11)14-6-5-10(8)15(12,13)9(3)4/h5-6H2,1-4H3. The van der Waals surface area contributed by atoms with Gasteiger partial charge in [-0.25, -0.2) is 0 Å². The zero-order chi connectivity index (χ0) is 11.9. The first-order chi connectivity index (χ1) is 6.70. The van der Waals surface area contributed by atoms with E-state index in [0.29, 0.717) is 0 Å². The van der Waals surface area contributed by atoms with Gasteiger partial charge in [-0.05, 0) is 13.8 Å². The van der Waals surface area contributed by atoms with Crippen LogP contribution in [0.5, 0.6) is 0 Å². The minimum absolute atomic E-state index is 0.106. The fraction of sp³-hybridized carbons (Fsp3) is 0.875. The van der Waals surface area contributed by atoms with Crippen LogP contribution in [0.1, 0.15) is 13.8 Å². The molecule has 7 heteroatoms. The molecule has 0 aliphatic carbocycles. The first-order valence-corrected chi connectivity index (χ1v) is 5.98. The Balaban J connectivity index is 3.10. The van der Waals surface area contributed by atoms with Gasteiger partial charge in [0, 0.05) is 14.1 Å². The number of ether oxygens (including phenoxy) is 1. The number of carbonyl (C=O) groups excluding carboxylic acids is 1. The number of rotatable bonds is 2. The molecule has 0 aromatic heterocycles. The lowest BCUT2D eigenvalue weighted by Gasteiger charge is -2.39. The Morgan fingerprint density at radius 2 is 1.93 bits per heavy atom. The highest BCUT2D eigenvalue weighted by atomic mass is 32.2. The predicted molar refractivity (Wildman–Crippen MR) is 54.4 cm³/mol. The quantitative estimate of drug-likeness (QED) is 0.602. The fourth-order valence-corrected chi connectivity index (χ4v) is 2.73. The number of esters is 1. The molecule has 0 aromatic rings. The molecule has 0 N–H and O–H groups in total. The third-order valence-electron chi connectivity index (χ3n) is 2.39. The lowest BCUT2D eigenvalue weighted by Crippen LogP contribution is -2.60. The van der Waals surface area contributed by atoms with E-state index in [9.17, 15) is 13.2 Å². The summed E-state index contributed by atoms with van der Waals surface area (Å²) in [4.78, 5) is 11.4. The van der Waals surface area contributed by atoms with Crippen molar-refractivity contribution in [1.29, 1.82) is 0 Å². The Morgan fingerprint density at radius 3 is 2.40 bits per heavy atom. The van der Waals surface area contributed by atoms with Crippen molar-refractivity contribution in [3.8, 4) is 0 Å². The van der Waals surface area contributed by atoms with Crippen LogP contribution in [0.2, 0.25) is 0 Å². The van der Waals surface area contributed by atoms with E-state index in [4.69, 9.17) is 4.74 Å². The lowest BCUT2D eigenvalue weighted by molar-refractivity contribution is -0.160. The number of hydrogen-bond donors (Lipinski definition) is 0. The molecule has 15 heavy (non-hydrogen) atoms. The molecule has 1 aliphatic heterocycles. The van der Waals surface area contributed by atoms with Crippen molar-refractivity contribution < 1.29 is 17.9 Å². The Kier molecular flexibility index (Phi) is 3.09. The first-order valence-electron chi connectivity index (χ1n) is 4.58. The van der Waals surface area contributed by atoms with Crippen molar-refractivity contribution >= 4 is 16.2 Å². The highest BCUT2D eigenvalue weighted by molar-refractivity contribution is 7.86. The molecular weight excluding hydrogens is 220 g/mol. The SMILES string of the molecule is CN(C)S(=O)(=O)N1CCOC(=O)C1(C)C. The Bertz CT molecular complexity index is 361. The number of nitrogens with zero attached hydrogens (tertiary/aromatic N) is 2. The maximum atomic E-state index is 11.9. The van der Waals surface area contributed by atoms with Crippen LogP contribution in [-0.2, 0) is 19.7 Å². The van der Waals surface area contributed by atoms with Crippen molar-refractivity contribution in [2.75, 3.05) is 27.2 Å². The van der Waals surface area contributed by atoms with Crippen LogP contribution in [-0.4, -0.2) is 55.8 Å². The first kappa shape index (κ1) is 12.4. The molecule has 0 aromatic carbocycles. The second-order valence-corrected chi connectivity index (χ2v) is 6.12. The molecular formula is C8H16N2O4S. The Morgan fingerprint density at radius 1 is 1.40 bits per heavy atom. The average molecular weight is 236 g/mol. The smallest absolute Gasteiger partial charge is 0.327 e. The van der Waals surface area contributed by atoms with Crippen molar-refractivity contribution in [3.63, 3.8) is 0 Å². The van der Waals surface area contributed by atoms with E-state index >= 15 is 0 Å². The summed E-state index contributed by atoms with van der Waals surface area (Å²) in [6.07, 6.45) is 0. The van der Waals surface area contributed by atoms with Gasteiger partial charge in [-0.2, -0.15) is 17.0 Å². The normalized spacial score (nSPS) is 22.9. The van der Waals surface area contributed by atoms with Gasteiger partial charge in [-0.1, -0.05) is 0 Å². The molecule has 0 atom stereocenters. The third-order valence-corrected chi connectivity index (χ3v) is 4.51. The van der Waals surface area contributed by atoms with Gasteiger partial charge in [0.2, 0.25) is 0 Å². The van der Waals surface area contributed by atoms with Gasteiger partial charge in [-0.3, -0.25) is 4.79 Å². The van der Waals surface area contributed by atoms with E-state index in [1.54, 1.807) is 0 Å². The summed E-state index contributed by atoms with van der Waals surface area (Å²) < 4.78 is 30.9. The summed E-state index contributed by atoms with van der Waals surface area (Å²) >= 11 is 0. The molecule has 0 unspecified atom stereocenters. The number of morpholine rings is 1. The number of cyclic esters (lactones) is 1.